The van der Waals surface area contributed by atoms with E-state index in [1.807, 2.05) is 0 Å². The van der Waals surface area contributed by atoms with Crippen LogP contribution in [0.4, 0.5) is 8.78 Å². The lowest BCUT2D eigenvalue weighted by Gasteiger charge is -2.07. The van der Waals surface area contributed by atoms with Crippen molar-refractivity contribution in [2.45, 2.75) is 6.61 Å². The molecule has 1 N–H and O–H groups in total. The predicted molar refractivity (Wildman–Crippen MR) is 43.8 cm³/mol. The lowest BCUT2D eigenvalue weighted by molar-refractivity contribution is 0.247. The van der Waals surface area contributed by atoms with E-state index in [0.29, 0.717) is 11.3 Å². The van der Waals surface area contributed by atoms with E-state index in [9.17, 15) is 8.78 Å². The van der Waals surface area contributed by atoms with Crippen LogP contribution in [0.25, 0.3) is 0 Å². The van der Waals surface area contributed by atoms with Crippen molar-refractivity contribution in [1.82, 2.24) is 0 Å². The van der Waals surface area contributed by atoms with Crippen molar-refractivity contribution in [1.29, 1.82) is 0 Å². The molecule has 0 unspecified atom stereocenters. The van der Waals surface area contributed by atoms with Gasteiger partial charge < -0.3 is 9.84 Å². The van der Waals surface area contributed by atoms with Crippen molar-refractivity contribution in [3.05, 3.63) is 29.6 Å². The third-order valence-corrected chi connectivity index (χ3v) is 1.53. The third kappa shape index (κ3) is 2.66. The Morgan fingerprint density at radius 1 is 1.38 bits per heavy atom. The van der Waals surface area contributed by atoms with E-state index in [4.69, 9.17) is 9.84 Å². The predicted octanol–water partition coefficient (Wildman–Crippen LogP) is 1.67. The Bertz CT molecular complexity index is 276. The highest BCUT2D eigenvalue weighted by Crippen LogP contribution is 2.19. The number of rotatable bonds is 4. The molecule has 0 bridgehead atoms. The zero-order valence-corrected chi connectivity index (χ0v) is 6.96. The topological polar surface area (TPSA) is 29.5 Å². The molecule has 13 heavy (non-hydrogen) atoms. The van der Waals surface area contributed by atoms with Gasteiger partial charge in [-0.3, -0.25) is 0 Å². The monoisotopic (exact) mass is 188 g/mol. The summed E-state index contributed by atoms with van der Waals surface area (Å²) >= 11 is 0. The van der Waals surface area contributed by atoms with Crippen LogP contribution in [0.1, 0.15) is 5.56 Å². The number of aliphatic hydroxyl groups excluding tert-OH is 1. The number of halogens is 2. The van der Waals surface area contributed by atoms with Gasteiger partial charge in [-0.2, -0.15) is 0 Å². The Morgan fingerprint density at radius 2 is 2.15 bits per heavy atom. The van der Waals surface area contributed by atoms with E-state index in [2.05, 4.69) is 0 Å². The minimum Gasteiger partial charge on any atom is -0.490 e. The molecule has 0 heterocycles. The molecule has 0 fully saturated rings. The van der Waals surface area contributed by atoms with Gasteiger partial charge in [0, 0.05) is 5.56 Å². The van der Waals surface area contributed by atoms with Crippen LogP contribution >= 0.6 is 0 Å². The number of aliphatic hydroxyl groups is 1. The van der Waals surface area contributed by atoms with Gasteiger partial charge >= 0.3 is 0 Å². The van der Waals surface area contributed by atoms with Gasteiger partial charge in [-0.15, -0.1) is 0 Å². The van der Waals surface area contributed by atoms with Crippen molar-refractivity contribution >= 4 is 0 Å². The van der Waals surface area contributed by atoms with E-state index >= 15 is 0 Å². The lowest BCUT2D eigenvalue weighted by Crippen LogP contribution is -2.01. The first kappa shape index (κ1) is 9.92. The summed E-state index contributed by atoms with van der Waals surface area (Å²) in [4.78, 5) is 0. The van der Waals surface area contributed by atoms with Gasteiger partial charge in [-0.25, -0.2) is 8.78 Å². The van der Waals surface area contributed by atoms with Crippen LogP contribution in [-0.4, -0.2) is 18.4 Å². The van der Waals surface area contributed by atoms with Gasteiger partial charge in [0.1, 0.15) is 24.8 Å². The highest BCUT2D eigenvalue weighted by atomic mass is 19.1. The lowest BCUT2D eigenvalue weighted by atomic mass is 10.2. The molecule has 1 rings (SSSR count). The van der Waals surface area contributed by atoms with E-state index < -0.39 is 12.5 Å². The van der Waals surface area contributed by atoms with Crippen LogP contribution in [0.15, 0.2) is 18.2 Å². The Labute approximate surface area is 74.8 Å². The molecular weight excluding hydrogens is 178 g/mol. The fourth-order valence-electron chi connectivity index (χ4n) is 0.961. The third-order valence-electron chi connectivity index (χ3n) is 1.53. The van der Waals surface area contributed by atoms with Gasteiger partial charge in [-0.1, -0.05) is 0 Å². The summed E-state index contributed by atoms with van der Waals surface area (Å²) in [7, 11) is 0. The Morgan fingerprint density at radius 3 is 2.77 bits per heavy atom. The maximum Gasteiger partial charge on any atom is 0.125 e. The van der Waals surface area contributed by atoms with E-state index in [1.165, 1.54) is 12.1 Å². The smallest absolute Gasteiger partial charge is 0.125 e. The summed E-state index contributed by atoms with van der Waals surface area (Å²) in [6.07, 6.45) is 0. The average Bonchev–Trinajstić information content (AvgIpc) is 2.16. The summed E-state index contributed by atoms with van der Waals surface area (Å²) in [5.41, 5.74) is 0.327. The van der Waals surface area contributed by atoms with Gasteiger partial charge in [0.05, 0.1) is 6.61 Å². The number of hydrogen-bond donors (Lipinski definition) is 1. The molecule has 0 amide bonds. The Balaban J connectivity index is 2.79. The first-order valence-corrected chi connectivity index (χ1v) is 3.86. The molecule has 72 valence electrons. The molecule has 0 radical (unpaired) electrons. The fraction of sp³-hybridized carbons (Fsp3) is 0.333. The second-order valence-corrected chi connectivity index (χ2v) is 2.45. The quantitative estimate of drug-likeness (QED) is 0.778. The molecule has 0 aliphatic heterocycles. The van der Waals surface area contributed by atoms with Gasteiger partial charge in [0.2, 0.25) is 0 Å². The number of hydrogen-bond acceptors (Lipinski definition) is 2. The average molecular weight is 188 g/mol. The summed E-state index contributed by atoms with van der Waals surface area (Å²) in [5, 5.41) is 8.80. The number of benzene rings is 1. The Kier molecular flexibility index (Phi) is 3.64. The molecular formula is C9H10F2O2. The highest BCUT2D eigenvalue weighted by molar-refractivity contribution is 5.33. The van der Waals surface area contributed by atoms with Crippen LogP contribution in [0.2, 0.25) is 0 Å². The fourth-order valence-corrected chi connectivity index (χ4v) is 0.961. The minimum absolute atomic E-state index is 0.0847. The van der Waals surface area contributed by atoms with Crippen molar-refractivity contribution in [3.8, 4) is 5.75 Å². The number of alkyl halides is 1. The summed E-state index contributed by atoms with van der Waals surface area (Å²) in [6, 6.07) is 3.73. The molecule has 0 atom stereocenters. The molecule has 0 saturated carbocycles. The van der Waals surface area contributed by atoms with Crippen molar-refractivity contribution < 1.29 is 18.6 Å². The van der Waals surface area contributed by atoms with E-state index in [0.717, 1.165) is 6.07 Å². The molecule has 0 saturated heterocycles. The normalized spacial score (nSPS) is 10.1. The molecule has 1 aromatic carbocycles. The first-order chi connectivity index (χ1) is 6.27. The van der Waals surface area contributed by atoms with Crippen molar-refractivity contribution in [2.24, 2.45) is 0 Å². The molecule has 0 aliphatic carbocycles. The zero-order valence-electron chi connectivity index (χ0n) is 6.96. The summed E-state index contributed by atoms with van der Waals surface area (Å²) < 4.78 is 29.3. The largest absolute Gasteiger partial charge is 0.490 e. The van der Waals surface area contributed by atoms with Crippen LogP contribution in [0, 0.1) is 5.82 Å². The van der Waals surface area contributed by atoms with Crippen molar-refractivity contribution in [2.75, 3.05) is 13.3 Å². The van der Waals surface area contributed by atoms with E-state index in [-0.39, 0.29) is 13.2 Å². The zero-order chi connectivity index (χ0) is 9.68. The van der Waals surface area contributed by atoms with Crippen LogP contribution in [0.5, 0.6) is 5.75 Å². The van der Waals surface area contributed by atoms with Crippen LogP contribution < -0.4 is 4.74 Å². The van der Waals surface area contributed by atoms with Gasteiger partial charge in [0.15, 0.2) is 0 Å². The molecule has 1 aromatic rings. The van der Waals surface area contributed by atoms with Gasteiger partial charge in [-0.05, 0) is 18.2 Å². The maximum absolute atomic E-state index is 12.6. The molecule has 4 heteroatoms. The molecule has 0 aliphatic rings. The van der Waals surface area contributed by atoms with Crippen LogP contribution in [-0.2, 0) is 6.61 Å². The molecule has 2 nitrogen and oxygen atoms in total. The minimum atomic E-state index is -0.609. The first-order valence-electron chi connectivity index (χ1n) is 3.86. The second-order valence-electron chi connectivity index (χ2n) is 2.45. The van der Waals surface area contributed by atoms with Gasteiger partial charge in [0.25, 0.3) is 0 Å². The Hall–Kier alpha value is -1.16. The SMILES string of the molecule is OCc1cc(F)ccc1OCCF. The summed E-state index contributed by atoms with van der Waals surface area (Å²) in [5.74, 6) is -0.127. The second kappa shape index (κ2) is 4.77. The molecule has 0 aromatic heterocycles. The molecule has 0 spiro atoms. The highest BCUT2D eigenvalue weighted by Gasteiger charge is 2.03. The summed E-state index contributed by atoms with van der Waals surface area (Å²) in [6.45, 7) is -1.01. The van der Waals surface area contributed by atoms with Crippen molar-refractivity contribution in [3.63, 3.8) is 0 Å². The van der Waals surface area contributed by atoms with Crippen LogP contribution in [0.3, 0.4) is 0 Å². The van der Waals surface area contributed by atoms with E-state index in [1.54, 1.807) is 0 Å². The standard InChI is InChI=1S/C9H10F2O2/c10-3-4-13-9-2-1-8(11)5-7(9)6-12/h1-2,5,12H,3-4,6H2. The number of ether oxygens (including phenoxy) is 1. The maximum atomic E-state index is 12.6.